The number of hydrogen-bond acceptors (Lipinski definition) is 6. The molecule has 0 radical (unpaired) electrons. The minimum Gasteiger partial charge on any atom is -0.459 e. The van der Waals surface area contributed by atoms with Crippen LogP contribution in [0.5, 0.6) is 6.01 Å². The molecule has 1 aromatic carbocycles. The number of imidazole rings is 1. The quantitative estimate of drug-likeness (QED) is 0.732. The molecule has 5 rings (SSSR count). The summed E-state index contributed by atoms with van der Waals surface area (Å²) in [5.74, 6) is 0. The first-order chi connectivity index (χ1) is 14.3. The molecule has 0 bridgehead atoms. The van der Waals surface area contributed by atoms with E-state index in [1.165, 1.54) is 5.69 Å². The molecule has 2 saturated heterocycles. The lowest BCUT2D eigenvalue weighted by Gasteiger charge is -2.28. The molecule has 1 N–H and O–H groups in total. The third-order valence-corrected chi connectivity index (χ3v) is 5.56. The summed E-state index contributed by atoms with van der Waals surface area (Å²) in [5, 5.41) is 0. The highest BCUT2D eigenvalue weighted by Crippen LogP contribution is 2.28. The van der Waals surface area contributed by atoms with Crippen LogP contribution in [0.4, 0.5) is 5.69 Å². The standard InChI is InChI=1S/C22H26N4O3/c1-15-13-19-21(25-22(23-19)29-18-3-2-10-28-14-18)24-20(15)16-4-6-17(7-5-16)26-8-11-27-12-9-26/h4-7,13,18H,2-3,8-12,14H2,1H3,(H,23,24,25). The van der Waals surface area contributed by atoms with Crippen molar-refractivity contribution in [3.8, 4) is 17.3 Å². The van der Waals surface area contributed by atoms with Gasteiger partial charge in [-0.1, -0.05) is 12.1 Å². The zero-order chi connectivity index (χ0) is 19.6. The minimum atomic E-state index is 0.0533. The Morgan fingerprint density at radius 3 is 2.66 bits per heavy atom. The van der Waals surface area contributed by atoms with Gasteiger partial charge in [-0.15, -0.1) is 0 Å². The summed E-state index contributed by atoms with van der Waals surface area (Å²) in [6.07, 6.45) is 2.06. The second-order valence-electron chi connectivity index (χ2n) is 7.67. The van der Waals surface area contributed by atoms with E-state index < -0.39 is 0 Å². The first-order valence-corrected chi connectivity index (χ1v) is 10.3. The number of rotatable bonds is 4. The maximum atomic E-state index is 5.96. The molecule has 0 saturated carbocycles. The Morgan fingerprint density at radius 1 is 1.07 bits per heavy atom. The molecule has 1 unspecified atom stereocenters. The third-order valence-electron chi connectivity index (χ3n) is 5.56. The van der Waals surface area contributed by atoms with Crippen LogP contribution in [0.3, 0.4) is 0 Å². The maximum absolute atomic E-state index is 5.96. The summed E-state index contributed by atoms with van der Waals surface area (Å²) < 4.78 is 16.9. The second kappa shape index (κ2) is 8.00. The van der Waals surface area contributed by atoms with Gasteiger partial charge < -0.3 is 24.1 Å². The monoisotopic (exact) mass is 394 g/mol. The minimum absolute atomic E-state index is 0.0533. The molecule has 3 aromatic rings. The molecular weight excluding hydrogens is 368 g/mol. The van der Waals surface area contributed by atoms with Crippen LogP contribution in [0.1, 0.15) is 18.4 Å². The van der Waals surface area contributed by atoms with E-state index in [1.807, 2.05) is 0 Å². The van der Waals surface area contributed by atoms with Gasteiger partial charge in [0.05, 0.1) is 31.0 Å². The number of hydrogen-bond donors (Lipinski definition) is 1. The predicted octanol–water partition coefficient (Wildman–Crippen LogP) is 3.33. The molecule has 2 fully saturated rings. The average Bonchev–Trinajstić information content (AvgIpc) is 3.15. The number of H-pyrrole nitrogens is 1. The number of ether oxygens (including phenoxy) is 3. The lowest BCUT2D eigenvalue weighted by molar-refractivity contribution is 0.00389. The van der Waals surface area contributed by atoms with Crippen molar-refractivity contribution in [2.45, 2.75) is 25.9 Å². The largest absolute Gasteiger partial charge is 0.459 e. The van der Waals surface area contributed by atoms with E-state index in [0.29, 0.717) is 18.3 Å². The van der Waals surface area contributed by atoms with Crippen molar-refractivity contribution in [1.29, 1.82) is 0 Å². The number of morpholine rings is 1. The number of fused-ring (bicyclic) bond motifs is 1. The van der Waals surface area contributed by atoms with Gasteiger partial charge in [0.2, 0.25) is 0 Å². The number of pyridine rings is 1. The van der Waals surface area contributed by atoms with Crippen LogP contribution in [-0.2, 0) is 9.47 Å². The molecular formula is C22H26N4O3. The van der Waals surface area contributed by atoms with Crippen LogP contribution in [0, 0.1) is 6.92 Å². The Hall–Kier alpha value is -2.64. The van der Waals surface area contributed by atoms with E-state index in [9.17, 15) is 0 Å². The van der Waals surface area contributed by atoms with Crippen LogP contribution in [0.2, 0.25) is 0 Å². The van der Waals surface area contributed by atoms with Crippen LogP contribution < -0.4 is 9.64 Å². The lowest BCUT2D eigenvalue weighted by atomic mass is 10.1. The molecule has 7 nitrogen and oxygen atoms in total. The Morgan fingerprint density at radius 2 is 1.90 bits per heavy atom. The van der Waals surface area contributed by atoms with Crippen LogP contribution in [0.15, 0.2) is 30.3 Å². The van der Waals surface area contributed by atoms with E-state index >= 15 is 0 Å². The molecule has 7 heteroatoms. The fourth-order valence-corrected chi connectivity index (χ4v) is 3.98. The van der Waals surface area contributed by atoms with E-state index in [0.717, 1.165) is 68.1 Å². The topological polar surface area (TPSA) is 72.5 Å². The highest BCUT2D eigenvalue weighted by molar-refractivity contribution is 5.78. The van der Waals surface area contributed by atoms with Crippen LogP contribution in [0.25, 0.3) is 22.4 Å². The zero-order valence-electron chi connectivity index (χ0n) is 16.7. The normalized spacial score (nSPS) is 20.2. The number of aromatic nitrogens is 3. The first kappa shape index (κ1) is 18.4. The smallest absolute Gasteiger partial charge is 0.296 e. The van der Waals surface area contributed by atoms with E-state index in [2.05, 4.69) is 52.1 Å². The third kappa shape index (κ3) is 3.93. The van der Waals surface area contributed by atoms with Crippen molar-refractivity contribution in [2.24, 2.45) is 0 Å². The second-order valence-corrected chi connectivity index (χ2v) is 7.67. The number of aromatic amines is 1. The fourth-order valence-electron chi connectivity index (χ4n) is 3.98. The molecule has 152 valence electrons. The van der Waals surface area contributed by atoms with Crippen molar-refractivity contribution in [1.82, 2.24) is 15.0 Å². The van der Waals surface area contributed by atoms with Gasteiger partial charge in [0.15, 0.2) is 5.65 Å². The number of nitrogens with one attached hydrogen (secondary N) is 1. The molecule has 0 amide bonds. The summed E-state index contributed by atoms with van der Waals surface area (Å²) in [7, 11) is 0. The van der Waals surface area contributed by atoms with Crippen molar-refractivity contribution in [2.75, 3.05) is 44.4 Å². The Labute approximate surface area is 170 Å². The molecule has 4 heterocycles. The van der Waals surface area contributed by atoms with Gasteiger partial charge in [0.1, 0.15) is 6.10 Å². The highest BCUT2D eigenvalue weighted by Gasteiger charge is 2.18. The van der Waals surface area contributed by atoms with Gasteiger partial charge in [0.25, 0.3) is 6.01 Å². The van der Waals surface area contributed by atoms with E-state index in [-0.39, 0.29) is 6.10 Å². The lowest BCUT2D eigenvalue weighted by Crippen LogP contribution is -2.36. The van der Waals surface area contributed by atoms with Crippen molar-refractivity contribution in [3.05, 3.63) is 35.9 Å². The van der Waals surface area contributed by atoms with E-state index in [4.69, 9.17) is 19.2 Å². The Kier molecular flexibility index (Phi) is 5.08. The highest BCUT2D eigenvalue weighted by atomic mass is 16.5. The molecule has 1 atom stereocenters. The summed E-state index contributed by atoms with van der Waals surface area (Å²) in [4.78, 5) is 15.0. The summed E-state index contributed by atoms with van der Waals surface area (Å²) >= 11 is 0. The Bertz CT molecular complexity index is 974. The summed E-state index contributed by atoms with van der Waals surface area (Å²) in [6, 6.07) is 11.2. The molecule has 0 aliphatic carbocycles. The summed E-state index contributed by atoms with van der Waals surface area (Å²) in [5.41, 5.74) is 5.93. The van der Waals surface area contributed by atoms with Crippen LogP contribution >= 0.6 is 0 Å². The van der Waals surface area contributed by atoms with Gasteiger partial charge in [0, 0.05) is 30.9 Å². The Balaban J connectivity index is 1.38. The van der Waals surface area contributed by atoms with Crippen molar-refractivity contribution in [3.63, 3.8) is 0 Å². The van der Waals surface area contributed by atoms with E-state index in [1.54, 1.807) is 0 Å². The molecule has 2 aliphatic heterocycles. The molecule has 29 heavy (non-hydrogen) atoms. The molecule has 0 spiro atoms. The first-order valence-electron chi connectivity index (χ1n) is 10.3. The predicted molar refractivity (Wildman–Crippen MR) is 112 cm³/mol. The van der Waals surface area contributed by atoms with Gasteiger partial charge in [-0.05, 0) is 43.5 Å². The maximum Gasteiger partial charge on any atom is 0.296 e. The number of benzene rings is 1. The molecule has 2 aliphatic rings. The van der Waals surface area contributed by atoms with Crippen molar-refractivity contribution < 1.29 is 14.2 Å². The van der Waals surface area contributed by atoms with Gasteiger partial charge >= 0.3 is 0 Å². The van der Waals surface area contributed by atoms with Crippen molar-refractivity contribution >= 4 is 16.9 Å². The number of nitrogens with zero attached hydrogens (tertiary/aromatic N) is 3. The molecule has 2 aromatic heterocycles. The fraction of sp³-hybridized carbons (Fsp3) is 0.455. The summed E-state index contributed by atoms with van der Waals surface area (Å²) in [6.45, 7) is 6.95. The number of aryl methyl sites for hydroxylation is 1. The average molecular weight is 394 g/mol. The van der Waals surface area contributed by atoms with Gasteiger partial charge in [-0.3, -0.25) is 0 Å². The van der Waals surface area contributed by atoms with Crippen LogP contribution in [-0.4, -0.2) is 60.6 Å². The zero-order valence-corrected chi connectivity index (χ0v) is 16.7. The number of anilines is 1. The van der Waals surface area contributed by atoms with Gasteiger partial charge in [-0.25, -0.2) is 4.98 Å². The van der Waals surface area contributed by atoms with Gasteiger partial charge in [-0.2, -0.15) is 4.98 Å². The SMILES string of the molecule is Cc1cc2[nH]c(OC3CCCOC3)nc2nc1-c1ccc(N2CCOCC2)cc1.